The van der Waals surface area contributed by atoms with Crippen LogP contribution < -0.4 is 5.32 Å². The van der Waals surface area contributed by atoms with Crippen LogP contribution in [0.1, 0.15) is 80.8 Å². The quantitative estimate of drug-likeness (QED) is 0.894. The molecule has 0 bridgehead atoms. The lowest BCUT2D eigenvalue weighted by molar-refractivity contribution is 0.453. The van der Waals surface area contributed by atoms with Crippen molar-refractivity contribution in [1.82, 2.24) is 15.5 Å². The Hall–Kier alpha value is -0.480. The molecule has 0 spiro atoms. The lowest BCUT2D eigenvalue weighted by Gasteiger charge is -2.16. The average molecular weight is 267 g/mol. The Labute approximate surface area is 114 Å². The molecule has 1 aromatic rings. The smallest absolute Gasteiger partial charge is 0.134 e. The number of nitrogens with zero attached hydrogens (tertiary/aromatic N) is 2. The maximum atomic E-state index is 4.44. The predicted molar refractivity (Wildman–Crippen MR) is 77.1 cm³/mol. The summed E-state index contributed by atoms with van der Waals surface area (Å²) in [5.41, 5.74) is 0. The van der Waals surface area contributed by atoms with E-state index in [1.165, 1.54) is 50.0 Å². The Morgan fingerprint density at radius 2 is 1.83 bits per heavy atom. The van der Waals surface area contributed by atoms with Crippen LogP contribution in [0.3, 0.4) is 0 Å². The van der Waals surface area contributed by atoms with Gasteiger partial charge in [0.25, 0.3) is 0 Å². The van der Waals surface area contributed by atoms with Gasteiger partial charge in [0.15, 0.2) is 0 Å². The summed E-state index contributed by atoms with van der Waals surface area (Å²) in [5, 5.41) is 14.6. The van der Waals surface area contributed by atoms with Gasteiger partial charge in [-0.1, -0.05) is 50.4 Å². The van der Waals surface area contributed by atoms with Gasteiger partial charge in [-0.15, -0.1) is 10.2 Å². The molecule has 0 amide bonds. The van der Waals surface area contributed by atoms with E-state index >= 15 is 0 Å². The number of rotatable bonds is 4. The van der Waals surface area contributed by atoms with Gasteiger partial charge in [-0.05, 0) is 26.3 Å². The van der Waals surface area contributed by atoms with Crippen molar-refractivity contribution in [3.05, 3.63) is 10.0 Å². The Morgan fingerprint density at radius 3 is 2.50 bits per heavy atom. The van der Waals surface area contributed by atoms with Crippen molar-refractivity contribution in [3.8, 4) is 0 Å². The summed E-state index contributed by atoms with van der Waals surface area (Å²) in [6.07, 6.45) is 9.57. The molecule has 2 rings (SSSR count). The zero-order valence-electron chi connectivity index (χ0n) is 11.6. The predicted octanol–water partition coefficient (Wildman–Crippen LogP) is 4.04. The number of aromatic nitrogens is 2. The highest BCUT2D eigenvalue weighted by atomic mass is 32.1. The summed E-state index contributed by atoms with van der Waals surface area (Å²) in [6, 6.07) is 0.342. The van der Waals surface area contributed by atoms with Crippen LogP contribution in [0.15, 0.2) is 0 Å². The van der Waals surface area contributed by atoms with E-state index in [1.807, 2.05) is 11.3 Å². The second-order valence-electron chi connectivity index (χ2n) is 5.30. The van der Waals surface area contributed by atoms with Gasteiger partial charge in [-0.25, -0.2) is 0 Å². The van der Waals surface area contributed by atoms with E-state index in [2.05, 4.69) is 29.4 Å². The van der Waals surface area contributed by atoms with Gasteiger partial charge in [0.2, 0.25) is 0 Å². The van der Waals surface area contributed by atoms with Gasteiger partial charge in [0, 0.05) is 5.92 Å². The molecule has 1 fully saturated rings. The van der Waals surface area contributed by atoms with E-state index in [9.17, 15) is 0 Å². The summed E-state index contributed by atoms with van der Waals surface area (Å²) in [7, 11) is 0. The molecule has 4 heteroatoms. The summed E-state index contributed by atoms with van der Waals surface area (Å²) < 4.78 is 0. The minimum absolute atomic E-state index is 0.342. The first-order valence-electron chi connectivity index (χ1n) is 7.38. The van der Waals surface area contributed by atoms with Gasteiger partial charge in [-0.2, -0.15) is 0 Å². The van der Waals surface area contributed by atoms with Crippen LogP contribution in [0.4, 0.5) is 0 Å². The molecule has 1 saturated carbocycles. The van der Waals surface area contributed by atoms with Crippen molar-refractivity contribution >= 4 is 11.3 Å². The largest absolute Gasteiger partial charge is 0.308 e. The molecule has 1 aliphatic carbocycles. The summed E-state index contributed by atoms with van der Waals surface area (Å²) in [6.45, 7) is 5.29. The van der Waals surface area contributed by atoms with Gasteiger partial charge in [0.1, 0.15) is 10.0 Å². The zero-order valence-corrected chi connectivity index (χ0v) is 12.4. The molecule has 1 heterocycles. The van der Waals surface area contributed by atoms with Crippen molar-refractivity contribution in [3.63, 3.8) is 0 Å². The van der Waals surface area contributed by atoms with Crippen LogP contribution in [-0.2, 0) is 0 Å². The van der Waals surface area contributed by atoms with Crippen LogP contribution in [-0.4, -0.2) is 16.7 Å². The third kappa shape index (κ3) is 3.75. The molecule has 0 aromatic carbocycles. The molecule has 1 N–H and O–H groups in total. The normalized spacial score (nSPS) is 20.3. The van der Waals surface area contributed by atoms with E-state index in [0.29, 0.717) is 12.0 Å². The number of hydrogen-bond donors (Lipinski definition) is 1. The minimum Gasteiger partial charge on any atom is -0.308 e. The maximum absolute atomic E-state index is 4.44. The SMILES string of the molecule is CCNC(C)c1nnc(C2CCCCCCC2)s1. The van der Waals surface area contributed by atoms with Crippen LogP contribution in [0.25, 0.3) is 0 Å². The van der Waals surface area contributed by atoms with Crippen molar-refractivity contribution in [2.24, 2.45) is 0 Å². The monoisotopic (exact) mass is 267 g/mol. The van der Waals surface area contributed by atoms with Gasteiger partial charge < -0.3 is 5.32 Å². The molecular formula is C14H25N3S. The first kappa shape index (κ1) is 13.9. The molecule has 1 aromatic heterocycles. The molecule has 3 nitrogen and oxygen atoms in total. The minimum atomic E-state index is 0.342. The zero-order chi connectivity index (χ0) is 12.8. The van der Waals surface area contributed by atoms with Crippen LogP contribution in [0.5, 0.6) is 0 Å². The lowest BCUT2D eigenvalue weighted by Crippen LogP contribution is -2.17. The Bertz CT molecular complexity index is 343. The van der Waals surface area contributed by atoms with E-state index in [-0.39, 0.29) is 0 Å². The molecule has 18 heavy (non-hydrogen) atoms. The molecule has 1 aliphatic rings. The standard InChI is InChI=1S/C14H25N3S/c1-3-15-11(2)13-16-17-14(18-13)12-9-7-5-4-6-8-10-12/h11-12,15H,3-10H2,1-2H3. The van der Waals surface area contributed by atoms with E-state index in [0.717, 1.165) is 11.6 Å². The Kier molecular flexibility index (Phi) is 5.57. The first-order valence-corrected chi connectivity index (χ1v) is 8.19. The Morgan fingerprint density at radius 1 is 1.17 bits per heavy atom. The molecule has 1 unspecified atom stereocenters. The van der Waals surface area contributed by atoms with Gasteiger partial charge >= 0.3 is 0 Å². The Balaban J connectivity index is 1.98. The second kappa shape index (κ2) is 7.19. The number of nitrogens with one attached hydrogen (secondary N) is 1. The molecule has 0 saturated heterocycles. The van der Waals surface area contributed by atoms with Crippen LogP contribution in [0, 0.1) is 0 Å². The van der Waals surface area contributed by atoms with Crippen LogP contribution >= 0.6 is 11.3 Å². The van der Waals surface area contributed by atoms with E-state index < -0.39 is 0 Å². The van der Waals surface area contributed by atoms with E-state index in [4.69, 9.17) is 0 Å². The lowest BCUT2D eigenvalue weighted by atomic mass is 9.92. The highest BCUT2D eigenvalue weighted by Crippen LogP contribution is 2.33. The van der Waals surface area contributed by atoms with Crippen molar-refractivity contribution < 1.29 is 0 Å². The second-order valence-corrected chi connectivity index (χ2v) is 6.34. The first-order chi connectivity index (χ1) is 8.81. The molecule has 0 radical (unpaired) electrons. The molecule has 0 aliphatic heterocycles. The van der Waals surface area contributed by atoms with Crippen molar-refractivity contribution in [2.75, 3.05) is 6.54 Å². The number of hydrogen-bond acceptors (Lipinski definition) is 4. The fraction of sp³-hybridized carbons (Fsp3) is 0.857. The fourth-order valence-corrected chi connectivity index (χ4v) is 3.72. The molecule has 1 atom stereocenters. The summed E-state index contributed by atoms with van der Waals surface area (Å²) >= 11 is 1.82. The van der Waals surface area contributed by atoms with Gasteiger partial charge in [0.05, 0.1) is 6.04 Å². The fourth-order valence-electron chi connectivity index (χ4n) is 2.68. The van der Waals surface area contributed by atoms with Crippen molar-refractivity contribution in [2.45, 2.75) is 70.8 Å². The molecular weight excluding hydrogens is 242 g/mol. The third-order valence-corrected chi connectivity index (χ3v) is 5.06. The summed E-state index contributed by atoms with van der Waals surface area (Å²) in [4.78, 5) is 0. The summed E-state index contributed by atoms with van der Waals surface area (Å²) in [5.74, 6) is 0.672. The third-order valence-electron chi connectivity index (χ3n) is 3.79. The average Bonchev–Trinajstić information content (AvgIpc) is 2.78. The van der Waals surface area contributed by atoms with Crippen LogP contribution in [0.2, 0.25) is 0 Å². The highest BCUT2D eigenvalue weighted by Gasteiger charge is 2.19. The molecule has 102 valence electrons. The highest BCUT2D eigenvalue weighted by molar-refractivity contribution is 7.11. The van der Waals surface area contributed by atoms with Gasteiger partial charge in [-0.3, -0.25) is 0 Å². The topological polar surface area (TPSA) is 37.8 Å². The maximum Gasteiger partial charge on any atom is 0.134 e. The van der Waals surface area contributed by atoms with E-state index in [1.54, 1.807) is 0 Å². The van der Waals surface area contributed by atoms with Crippen molar-refractivity contribution in [1.29, 1.82) is 0 Å².